The molecule has 26 heavy (non-hydrogen) atoms. The maximum absolute atomic E-state index is 12.2. The van der Waals surface area contributed by atoms with Crippen molar-refractivity contribution in [1.82, 2.24) is 9.97 Å². The molecule has 0 aliphatic carbocycles. The molecule has 1 saturated heterocycles. The zero-order valence-corrected chi connectivity index (χ0v) is 16.1. The zero-order valence-electron chi connectivity index (χ0n) is 15.3. The molecule has 1 atom stereocenters. The lowest BCUT2D eigenvalue weighted by Crippen LogP contribution is -2.40. The lowest BCUT2D eigenvalue weighted by molar-refractivity contribution is -0.148. The van der Waals surface area contributed by atoms with Gasteiger partial charge >= 0.3 is 11.9 Å². The van der Waals surface area contributed by atoms with Crippen LogP contribution in [0.2, 0.25) is 0 Å². The van der Waals surface area contributed by atoms with E-state index < -0.39 is 0 Å². The summed E-state index contributed by atoms with van der Waals surface area (Å²) in [5, 5.41) is 0.866. The number of esters is 2. The summed E-state index contributed by atoms with van der Waals surface area (Å²) < 4.78 is 10.3. The van der Waals surface area contributed by atoms with Crippen LogP contribution in [0.5, 0.6) is 0 Å². The molecular weight excluding hydrogens is 354 g/mol. The third-order valence-electron chi connectivity index (χ3n) is 4.51. The molecular formula is C18H23N3O4S. The Morgan fingerprint density at radius 2 is 2.04 bits per heavy atom. The van der Waals surface area contributed by atoms with Gasteiger partial charge < -0.3 is 14.4 Å². The normalized spacial score (nSPS) is 17.3. The minimum Gasteiger partial charge on any atom is -0.466 e. The number of carbonyl (C=O) groups is 2. The zero-order chi connectivity index (χ0) is 18.7. The predicted octanol–water partition coefficient (Wildman–Crippen LogP) is 2.96. The SMILES string of the molecule is CCOC(=O)c1sc2ncnc(N3CCCC(C(=O)OCC)C3)c2c1C. The number of hydrogen-bond acceptors (Lipinski definition) is 8. The van der Waals surface area contributed by atoms with E-state index in [4.69, 9.17) is 9.47 Å². The Hall–Kier alpha value is -2.22. The molecule has 0 radical (unpaired) electrons. The van der Waals surface area contributed by atoms with Gasteiger partial charge in [0.25, 0.3) is 0 Å². The third kappa shape index (κ3) is 3.51. The molecule has 0 bridgehead atoms. The first-order valence-electron chi connectivity index (χ1n) is 8.89. The fourth-order valence-electron chi connectivity index (χ4n) is 3.31. The monoisotopic (exact) mass is 377 g/mol. The highest BCUT2D eigenvalue weighted by Crippen LogP contribution is 2.36. The molecule has 1 aliphatic rings. The number of aromatic nitrogens is 2. The van der Waals surface area contributed by atoms with Crippen molar-refractivity contribution in [2.75, 3.05) is 31.2 Å². The number of hydrogen-bond donors (Lipinski definition) is 0. The lowest BCUT2D eigenvalue weighted by Gasteiger charge is -2.32. The van der Waals surface area contributed by atoms with E-state index in [1.165, 1.54) is 17.7 Å². The van der Waals surface area contributed by atoms with Gasteiger partial charge in [0, 0.05) is 13.1 Å². The summed E-state index contributed by atoms with van der Waals surface area (Å²) in [7, 11) is 0. The number of piperidine rings is 1. The minimum atomic E-state index is -0.331. The van der Waals surface area contributed by atoms with Gasteiger partial charge in [-0.1, -0.05) is 0 Å². The molecule has 0 amide bonds. The molecule has 3 rings (SSSR count). The highest BCUT2D eigenvalue weighted by molar-refractivity contribution is 7.20. The first-order valence-corrected chi connectivity index (χ1v) is 9.71. The fraction of sp³-hybridized carbons (Fsp3) is 0.556. The first-order chi connectivity index (χ1) is 12.6. The van der Waals surface area contributed by atoms with Crippen LogP contribution in [0.25, 0.3) is 10.2 Å². The van der Waals surface area contributed by atoms with Crippen LogP contribution in [0.15, 0.2) is 6.33 Å². The number of nitrogens with zero attached hydrogens (tertiary/aromatic N) is 3. The molecule has 7 nitrogen and oxygen atoms in total. The minimum absolute atomic E-state index is 0.155. The van der Waals surface area contributed by atoms with Crippen molar-refractivity contribution in [3.63, 3.8) is 0 Å². The van der Waals surface area contributed by atoms with E-state index in [-0.39, 0.29) is 17.9 Å². The summed E-state index contributed by atoms with van der Waals surface area (Å²) in [6.45, 7) is 7.59. The molecule has 2 aromatic heterocycles. The quantitative estimate of drug-likeness (QED) is 0.741. The van der Waals surface area contributed by atoms with Gasteiger partial charge in [-0.15, -0.1) is 11.3 Å². The van der Waals surface area contributed by atoms with Crippen LogP contribution in [0.4, 0.5) is 5.82 Å². The number of aryl methyl sites for hydroxylation is 1. The fourth-order valence-corrected chi connectivity index (χ4v) is 4.34. The maximum Gasteiger partial charge on any atom is 0.348 e. The molecule has 1 fully saturated rings. The average Bonchev–Trinajstić information content (AvgIpc) is 2.99. The van der Waals surface area contributed by atoms with E-state index in [0.29, 0.717) is 24.6 Å². The van der Waals surface area contributed by atoms with Gasteiger partial charge in [-0.3, -0.25) is 4.79 Å². The number of rotatable bonds is 5. The van der Waals surface area contributed by atoms with Crippen LogP contribution in [0.3, 0.4) is 0 Å². The van der Waals surface area contributed by atoms with Crippen molar-refractivity contribution in [1.29, 1.82) is 0 Å². The largest absolute Gasteiger partial charge is 0.466 e. The summed E-state index contributed by atoms with van der Waals surface area (Å²) in [6.07, 6.45) is 3.22. The van der Waals surface area contributed by atoms with Crippen molar-refractivity contribution in [3.8, 4) is 0 Å². The maximum atomic E-state index is 12.2. The predicted molar refractivity (Wildman–Crippen MR) is 99.7 cm³/mol. The van der Waals surface area contributed by atoms with Gasteiger partial charge in [0.2, 0.25) is 0 Å². The summed E-state index contributed by atoms with van der Waals surface area (Å²) in [5.74, 6) is 0.129. The molecule has 8 heteroatoms. The number of thiophene rings is 1. The van der Waals surface area contributed by atoms with Crippen LogP contribution in [-0.4, -0.2) is 48.2 Å². The van der Waals surface area contributed by atoms with Crippen LogP contribution in [0.1, 0.15) is 41.9 Å². The molecule has 0 spiro atoms. The van der Waals surface area contributed by atoms with Gasteiger partial charge in [0.05, 0.1) is 24.5 Å². The smallest absolute Gasteiger partial charge is 0.348 e. The molecule has 1 unspecified atom stereocenters. The molecule has 0 aromatic carbocycles. The summed E-state index contributed by atoms with van der Waals surface area (Å²) in [6, 6.07) is 0. The number of carbonyl (C=O) groups excluding carboxylic acids is 2. The van der Waals surface area contributed by atoms with E-state index in [1.54, 1.807) is 6.92 Å². The van der Waals surface area contributed by atoms with Crippen LogP contribution in [-0.2, 0) is 14.3 Å². The van der Waals surface area contributed by atoms with Gasteiger partial charge in [0.15, 0.2) is 0 Å². The van der Waals surface area contributed by atoms with Crippen LogP contribution in [0, 0.1) is 12.8 Å². The highest BCUT2D eigenvalue weighted by atomic mass is 32.1. The molecule has 2 aromatic rings. The number of ether oxygens (including phenoxy) is 2. The Kier molecular flexibility index (Phi) is 5.70. The average molecular weight is 377 g/mol. The van der Waals surface area contributed by atoms with E-state index in [0.717, 1.165) is 41.0 Å². The molecule has 1 aliphatic heterocycles. The summed E-state index contributed by atoms with van der Waals surface area (Å²) in [4.78, 5) is 36.5. The van der Waals surface area contributed by atoms with Crippen molar-refractivity contribution in [3.05, 3.63) is 16.8 Å². The topological polar surface area (TPSA) is 81.6 Å². The number of anilines is 1. The van der Waals surface area contributed by atoms with E-state index in [2.05, 4.69) is 14.9 Å². The third-order valence-corrected chi connectivity index (χ3v) is 5.69. The standard InChI is InChI=1S/C18H23N3O4S/c1-4-24-17(22)12-7-6-8-21(9-12)15-13-11(3)14(18(23)25-5-2)26-16(13)20-10-19-15/h10,12H,4-9H2,1-3H3. The Balaban J connectivity index is 1.95. The Labute approximate surface area is 156 Å². The van der Waals surface area contributed by atoms with Crippen LogP contribution < -0.4 is 4.90 Å². The second-order valence-electron chi connectivity index (χ2n) is 6.19. The van der Waals surface area contributed by atoms with Crippen molar-refractivity contribution >= 4 is 39.3 Å². The Bertz CT molecular complexity index is 820. The molecule has 140 valence electrons. The first kappa shape index (κ1) is 18.6. The summed E-state index contributed by atoms with van der Waals surface area (Å²) >= 11 is 1.32. The van der Waals surface area contributed by atoms with Crippen LogP contribution >= 0.6 is 11.3 Å². The highest BCUT2D eigenvalue weighted by Gasteiger charge is 2.30. The van der Waals surface area contributed by atoms with Gasteiger partial charge in [-0.2, -0.15) is 0 Å². The van der Waals surface area contributed by atoms with E-state index >= 15 is 0 Å². The van der Waals surface area contributed by atoms with Crippen molar-refractivity contribution in [2.45, 2.75) is 33.6 Å². The van der Waals surface area contributed by atoms with E-state index in [9.17, 15) is 9.59 Å². The summed E-state index contributed by atoms with van der Waals surface area (Å²) in [5.41, 5.74) is 0.831. The van der Waals surface area contributed by atoms with Gasteiger partial charge in [-0.25, -0.2) is 14.8 Å². The molecule has 0 saturated carbocycles. The second kappa shape index (κ2) is 7.99. The Morgan fingerprint density at radius 1 is 1.27 bits per heavy atom. The van der Waals surface area contributed by atoms with Gasteiger partial charge in [0.1, 0.15) is 21.9 Å². The Morgan fingerprint density at radius 3 is 2.77 bits per heavy atom. The molecule has 0 N–H and O–H groups in total. The number of fused-ring (bicyclic) bond motifs is 1. The molecule has 3 heterocycles. The lowest BCUT2D eigenvalue weighted by atomic mass is 9.98. The van der Waals surface area contributed by atoms with E-state index in [1.807, 2.05) is 13.8 Å². The second-order valence-corrected chi connectivity index (χ2v) is 7.19. The van der Waals surface area contributed by atoms with Gasteiger partial charge in [-0.05, 0) is 39.2 Å². The van der Waals surface area contributed by atoms with Crippen molar-refractivity contribution < 1.29 is 19.1 Å². The van der Waals surface area contributed by atoms with Crippen molar-refractivity contribution in [2.24, 2.45) is 5.92 Å².